The summed E-state index contributed by atoms with van der Waals surface area (Å²) in [5.41, 5.74) is 3.09. The van der Waals surface area contributed by atoms with Gasteiger partial charge >= 0.3 is 0 Å². The Morgan fingerprint density at radius 3 is 1.62 bits per heavy atom. The van der Waals surface area contributed by atoms with Crippen molar-refractivity contribution in [2.75, 3.05) is 10.6 Å². The minimum atomic E-state index is -0.292. The number of para-hydroxylation sites is 2. The van der Waals surface area contributed by atoms with Crippen LogP contribution >= 0.6 is 11.6 Å². The zero-order valence-corrected chi connectivity index (χ0v) is 14.3. The van der Waals surface area contributed by atoms with Gasteiger partial charge in [0, 0.05) is 16.4 Å². The lowest BCUT2D eigenvalue weighted by Gasteiger charge is -2.13. The number of halogens is 2. The van der Waals surface area contributed by atoms with Crippen LogP contribution in [0.25, 0.3) is 11.0 Å². The van der Waals surface area contributed by atoms with Gasteiger partial charge in [0.2, 0.25) is 0 Å². The summed E-state index contributed by atoms with van der Waals surface area (Å²) in [6.07, 6.45) is 0. The van der Waals surface area contributed by atoms with Gasteiger partial charge in [-0.05, 0) is 60.7 Å². The molecule has 3 aromatic carbocycles. The van der Waals surface area contributed by atoms with Gasteiger partial charge in [-0.15, -0.1) is 0 Å². The zero-order valence-electron chi connectivity index (χ0n) is 13.6. The zero-order chi connectivity index (χ0) is 17.9. The topological polar surface area (TPSA) is 49.8 Å². The number of rotatable bonds is 4. The molecule has 4 rings (SSSR count). The van der Waals surface area contributed by atoms with Crippen LogP contribution in [0.5, 0.6) is 0 Å². The number of nitrogens with one attached hydrogen (secondary N) is 2. The lowest BCUT2D eigenvalue weighted by atomic mass is 10.2. The summed E-state index contributed by atoms with van der Waals surface area (Å²) >= 11 is 5.95. The first-order chi connectivity index (χ1) is 12.7. The van der Waals surface area contributed by atoms with E-state index in [1.54, 1.807) is 24.3 Å². The first-order valence-electron chi connectivity index (χ1n) is 7.99. The summed E-state index contributed by atoms with van der Waals surface area (Å²) in [7, 11) is 0. The fraction of sp³-hybridized carbons (Fsp3) is 0. The van der Waals surface area contributed by atoms with Gasteiger partial charge in [0.05, 0.1) is 11.0 Å². The molecule has 6 heteroatoms. The van der Waals surface area contributed by atoms with E-state index in [-0.39, 0.29) is 5.82 Å². The smallest absolute Gasteiger partial charge is 0.174 e. The number of benzene rings is 3. The Bertz CT molecular complexity index is 964. The fourth-order valence-electron chi connectivity index (χ4n) is 2.51. The molecule has 1 aromatic heterocycles. The van der Waals surface area contributed by atoms with E-state index in [0.29, 0.717) is 16.7 Å². The third-order valence-electron chi connectivity index (χ3n) is 3.78. The predicted molar refractivity (Wildman–Crippen MR) is 104 cm³/mol. The van der Waals surface area contributed by atoms with E-state index >= 15 is 0 Å². The molecule has 0 spiro atoms. The second kappa shape index (κ2) is 6.98. The average molecular weight is 365 g/mol. The molecular weight excluding hydrogens is 351 g/mol. The molecule has 4 aromatic rings. The first kappa shape index (κ1) is 16.3. The highest BCUT2D eigenvalue weighted by molar-refractivity contribution is 6.30. The maximum absolute atomic E-state index is 13.2. The molecule has 0 bridgehead atoms. The summed E-state index contributed by atoms with van der Waals surface area (Å²) in [6.45, 7) is 0. The van der Waals surface area contributed by atoms with Crippen molar-refractivity contribution in [1.29, 1.82) is 0 Å². The Morgan fingerprint density at radius 1 is 0.654 bits per heavy atom. The summed E-state index contributed by atoms with van der Waals surface area (Å²) in [6, 6.07) is 21.0. The van der Waals surface area contributed by atoms with Crippen LogP contribution in [-0.2, 0) is 0 Å². The Labute approximate surface area is 154 Å². The Kier molecular flexibility index (Phi) is 4.37. The van der Waals surface area contributed by atoms with Gasteiger partial charge in [0.25, 0.3) is 0 Å². The van der Waals surface area contributed by atoms with E-state index in [0.717, 1.165) is 22.4 Å². The van der Waals surface area contributed by atoms with Crippen LogP contribution in [0.1, 0.15) is 0 Å². The summed E-state index contributed by atoms with van der Waals surface area (Å²) in [5, 5.41) is 7.11. The molecule has 0 aliphatic heterocycles. The van der Waals surface area contributed by atoms with E-state index in [1.165, 1.54) is 12.1 Å². The Hall–Kier alpha value is -3.18. The van der Waals surface area contributed by atoms with Crippen LogP contribution in [0, 0.1) is 5.82 Å². The highest BCUT2D eigenvalue weighted by Gasteiger charge is 2.10. The van der Waals surface area contributed by atoms with Gasteiger partial charge in [0.15, 0.2) is 11.6 Å². The van der Waals surface area contributed by atoms with Crippen LogP contribution in [0.4, 0.5) is 27.4 Å². The van der Waals surface area contributed by atoms with Crippen molar-refractivity contribution < 1.29 is 4.39 Å². The second-order valence-electron chi connectivity index (χ2n) is 5.67. The molecule has 2 N–H and O–H groups in total. The van der Waals surface area contributed by atoms with Crippen molar-refractivity contribution in [3.05, 3.63) is 83.6 Å². The van der Waals surface area contributed by atoms with Crippen LogP contribution in [-0.4, -0.2) is 9.97 Å². The Balaban J connectivity index is 1.75. The number of aromatic nitrogens is 2. The second-order valence-corrected chi connectivity index (χ2v) is 6.11. The fourth-order valence-corrected chi connectivity index (χ4v) is 2.64. The molecule has 4 nitrogen and oxygen atoms in total. The van der Waals surface area contributed by atoms with Crippen molar-refractivity contribution in [3.8, 4) is 0 Å². The maximum Gasteiger partial charge on any atom is 0.174 e. The van der Waals surface area contributed by atoms with Gasteiger partial charge in [-0.25, -0.2) is 14.4 Å². The van der Waals surface area contributed by atoms with Crippen molar-refractivity contribution in [3.63, 3.8) is 0 Å². The Morgan fingerprint density at radius 2 is 1.12 bits per heavy atom. The van der Waals surface area contributed by atoms with Crippen molar-refractivity contribution >= 4 is 45.6 Å². The summed E-state index contributed by atoms with van der Waals surface area (Å²) in [5.74, 6) is 0.820. The van der Waals surface area contributed by atoms with Crippen molar-refractivity contribution in [2.45, 2.75) is 0 Å². The molecule has 0 unspecified atom stereocenters. The minimum absolute atomic E-state index is 0.292. The molecule has 26 heavy (non-hydrogen) atoms. The van der Waals surface area contributed by atoms with Crippen LogP contribution in [0.15, 0.2) is 72.8 Å². The number of fused-ring (bicyclic) bond motifs is 1. The van der Waals surface area contributed by atoms with Crippen LogP contribution < -0.4 is 10.6 Å². The third-order valence-corrected chi connectivity index (χ3v) is 4.04. The lowest BCUT2D eigenvalue weighted by Crippen LogP contribution is -2.03. The van der Waals surface area contributed by atoms with E-state index in [4.69, 9.17) is 11.6 Å². The predicted octanol–water partition coefficient (Wildman–Crippen LogP) is 5.91. The van der Waals surface area contributed by atoms with Crippen LogP contribution in [0.3, 0.4) is 0 Å². The van der Waals surface area contributed by atoms with Crippen LogP contribution in [0.2, 0.25) is 5.02 Å². The lowest BCUT2D eigenvalue weighted by molar-refractivity contribution is 0.628. The quantitative estimate of drug-likeness (QED) is 0.472. The number of nitrogens with zero attached hydrogens (tertiary/aromatic N) is 2. The third kappa shape index (κ3) is 3.58. The van der Waals surface area contributed by atoms with Crippen molar-refractivity contribution in [1.82, 2.24) is 9.97 Å². The summed E-state index contributed by atoms with van der Waals surface area (Å²) in [4.78, 5) is 9.31. The molecule has 0 aliphatic carbocycles. The van der Waals surface area contributed by atoms with Gasteiger partial charge in [-0.1, -0.05) is 23.7 Å². The van der Waals surface area contributed by atoms with E-state index in [2.05, 4.69) is 20.6 Å². The number of hydrogen-bond donors (Lipinski definition) is 2. The molecule has 0 amide bonds. The molecule has 0 saturated carbocycles. The largest absolute Gasteiger partial charge is 0.337 e. The number of hydrogen-bond acceptors (Lipinski definition) is 4. The van der Waals surface area contributed by atoms with Gasteiger partial charge in [-0.3, -0.25) is 0 Å². The molecule has 0 aliphatic rings. The van der Waals surface area contributed by atoms with Gasteiger partial charge < -0.3 is 10.6 Å². The highest BCUT2D eigenvalue weighted by atomic mass is 35.5. The van der Waals surface area contributed by atoms with Gasteiger partial charge in [-0.2, -0.15) is 0 Å². The molecule has 0 saturated heterocycles. The standard InChI is InChI=1S/C20H14ClFN4/c21-13-5-9-15(10-6-13)23-19-20(24-16-11-7-14(22)8-12-16)26-18-4-2-1-3-17(18)25-19/h1-12H,(H,23,25)(H,24,26). The summed E-state index contributed by atoms with van der Waals surface area (Å²) < 4.78 is 13.2. The average Bonchev–Trinajstić information content (AvgIpc) is 2.66. The monoisotopic (exact) mass is 364 g/mol. The molecule has 128 valence electrons. The molecule has 1 heterocycles. The molecule has 0 radical (unpaired) electrons. The SMILES string of the molecule is Fc1ccc(Nc2nc3ccccc3nc2Nc2ccc(Cl)cc2)cc1. The van der Waals surface area contributed by atoms with Crippen molar-refractivity contribution in [2.24, 2.45) is 0 Å². The van der Waals surface area contributed by atoms with E-state index in [1.807, 2.05) is 36.4 Å². The maximum atomic E-state index is 13.2. The van der Waals surface area contributed by atoms with Gasteiger partial charge in [0.1, 0.15) is 5.82 Å². The van der Waals surface area contributed by atoms with E-state index in [9.17, 15) is 4.39 Å². The highest BCUT2D eigenvalue weighted by Crippen LogP contribution is 2.28. The first-order valence-corrected chi connectivity index (χ1v) is 8.37. The molecule has 0 fully saturated rings. The number of anilines is 4. The molecule has 0 atom stereocenters. The van der Waals surface area contributed by atoms with E-state index < -0.39 is 0 Å². The normalized spacial score (nSPS) is 10.7. The minimum Gasteiger partial charge on any atom is -0.337 e. The molecular formula is C20H14ClFN4.